The van der Waals surface area contributed by atoms with Gasteiger partial charge >= 0.3 is 0 Å². The molecule has 0 bridgehead atoms. The lowest BCUT2D eigenvalue weighted by molar-refractivity contribution is -0.165. The third-order valence-electron chi connectivity index (χ3n) is 5.13. The first kappa shape index (κ1) is 21.6. The van der Waals surface area contributed by atoms with E-state index < -0.39 is 6.29 Å². The number of carbonyl (C=O) groups is 1. The number of nitrogens with one attached hydrogen (secondary N) is 1. The molecular formula is C25H27NO4. The molecule has 5 heteroatoms. The highest BCUT2D eigenvalue weighted by atomic mass is 16.7. The van der Waals surface area contributed by atoms with E-state index >= 15 is 0 Å². The monoisotopic (exact) mass is 405 g/mol. The maximum absolute atomic E-state index is 12.9. The van der Waals surface area contributed by atoms with E-state index in [-0.39, 0.29) is 30.1 Å². The van der Waals surface area contributed by atoms with Gasteiger partial charge in [0.2, 0.25) is 6.29 Å². The number of hydrogen-bond acceptors (Lipinski definition) is 4. The molecule has 0 aromatic heterocycles. The number of amides is 1. The van der Waals surface area contributed by atoms with E-state index in [1.165, 1.54) is 0 Å². The Kier molecular flexibility index (Phi) is 7.67. The van der Waals surface area contributed by atoms with Crippen LogP contribution >= 0.6 is 0 Å². The zero-order valence-corrected chi connectivity index (χ0v) is 17.1. The average Bonchev–Trinajstić information content (AvgIpc) is 2.78. The highest BCUT2D eigenvalue weighted by Crippen LogP contribution is 2.39. The van der Waals surface area contributed by atoms with E-state index in [9.17, 15) is 9.90 Å². The van der Waals surface area contributed by atoms with Crippen molar-refractivity contribution in [2.75, 3.05) is 18.5 Å². The van der Waals surface area contributed by atoms with Crippen LogP contribution in [-0.2, 0) is 14.3 Å². The van der Waals surface area contributed by atoms with Gasteiger partial charge in [-0.25, -0.2) is 0 Å². The van der Waals surface area contributed by atoms with Gasteiger partial charge in [0.1, 0.15) is 0 Å². The molecule has 3 rings (SSSR count). The molecular weight excluding hydrogens is 378 g/mol. The van der Waals surface area contributed by atoms with Crippen LogP contribution in [0.2, 0.25) is 0 Å². The lowest BCUT2D eigenvalue weighted by Gasteiger charge is -2.37. The van der Waals surface area contributed by atoms with Crippen molar-refractivity contribution in [1.82, 2.24) is 0 Å². The van der Waals surface area contributed by atoms with Gasteiger partial charge in [-0.15, -0.1) is 6.42 Å². The van der Waals surface area contributed by atoms with Crippen LogP contribution in [0.3, 0.4) is 0 Å². The van der Waals surface area contributed by atoms with Crippen molar-refractivity contribution in [2.24, 2.45) is 5.92 Å². The molecule has 0 radical (unpaired) electrons. The largest absolute Gasteiger partial charge is 0.459 e. The van der Waals surface area contributed by atoms with Gasteiger partial charge in [0.05, 0.1) is 0 Å². The topological polar surface area (TPSA) is 67.8 Å². The third-order valence-corrected chi connectivity index (χ3v) is 5.13. The number of allylic oxidation sites excluding steroid dienone is 1. The predicted molar refractivity (Wildman–Crippen MR) is 117 cm³/mol. The Morgan fingerprint density at radius 2 is 1.93 bits per heavy atom. The molecule has 2 N–H and O–H groups in total. The smallest absolute Gasteiger partial charge is 0.290 e. The third kappa shape index (κ3) is 5.29. The Balaban J connectivity index is 1.93. The van der Waals surface area contributed by atoms with Crippen molar-refractivity contribution in [3.63, 3.8) is 0 Å². The fourth-order valence-corrected chi connectivity index (χ4v) is 3.66. The summed E-state index contributed by atoms with van der Waals surface area (Å²) in [4.78, 5) is 12.9. The first-order valence-corrected chi connectivity index (χ1v) is 10.2. The zero-order chi connectivity index (χ0) is 21.3. The highest BCUT2D eigenvalue weighted by Gasteiger charge is 2.37. The van der Waals surface area contributed by atoms with E-state index in [0.29, 0.717) is 25.1 Å². The number of anilines is 1. The van der Waals surface area contributed by atoms with Gasteiger partial charge in [-0.3, -0.25) is 4.79 Å². The molecule has 5 nitrogen and oxygen atoms in total. The normalized spacial score (nSPS) is 20.6. The van der Waals surface area contributed by atoms with Crippen molar-refractivity contribution < 1.29 is 19.4 Å². The second kappa shape index (κ2) is 10.6. The van der Waals surface area contributed by atoms with Crippen LogP contribution in [0.5, 0.6) is 0 Å². The Morgan fingerprint density at radius 1 is 1.20 bits per heavy atom. The molecule has 0 unspecified atom stereocenters. The van der Waals surface area contributed by atoms with E-state index in [1.807, 2.05) is 67.6 Å². The lowest BCUT2D eigenvalue weighted by atomic mass is 9.80. The quantitative estimate of drug-likeness (QED) is 0.650. The molecule has 0 spiro atoms. The predicted octanol–water partition coefficient (Wildman–Crippen LogP) is 4.06. The van der Waals surface area contributed by atoms with Crippen LogP contribution < -0.4 is 5.32 Å². The fraction of sp³-hybridized carbons (Fsp3) is 0.320. The number of carbonyl (C=O) groups excluding carboxylic acids is 1. The molecule has 0 saturated carbocycles. The number of aliphatic hydroxyl groups excluding tert-OH is 1. The second-order valence-electron chi connectivity index (χ2n) is 7.11. The van der Waals surface area contributed by atoms with E-state index in [0.717, 1.165) is 11.1 Å². The minimum Gasteiger partial charge on any atom is -0.459 e. The number of aliphatic hydroxyl groups is 1. The Labute approximate surface area is 177 Å². The summed E-state index contributed by atoms with van der Waals surface area (Å²) >= 11 is 0. The minimum absolute atomic E-state index is 0.0398. The van der Waals surface area contributed by atoms with E-state index in [4.69, 9.17) is 15.9 Å². The summed E-state index contributed by atoms with van der Waals surface area (Å²) in [6, 6.07) is 17.0. The molecule has 1 aliphatic rings. The van der Waals surface area contributed by atoms with E-state index in [2.05, 4.69) is 11.2 Å². The molecule has 1 heterocycles. The van der Waals surface area contributed by atoms with Crippen molar-refractivity contribution in [3.8, 4) is 12.3 Å². The summed E-state index contributed by atoms with van der Waals surface area (Å²) in [7, 11) is 0. The summed E-state index contributed by atoms with van der Waals surface area (Å²) < 4.78 is 11.8. The van der Waals surface area contributed by atoms with Crippen LogP contribution in [0, 0.1) is 18.3 Å². The molecule has 30 heavy (non-hydrogen) atoms. The van der Waals surface area contributed by atoms with Gasteiger partial charge in [-0.1, -0.05) is 36.3 Å². The number of hydrogen-bond donors (Lipinski definition) is 2. The first-order chi connectivity index (χ1) is 14.7. The van der Waals surface area contributed by atoms with Crippen molar-refractivity contribution in [2.45, 2.75) is 32.0 Å². The molecule has 2 aromatic carbocycles. The zero-order valence-electron chi connectivity index (χ0n) is 17.1. The molecule has 1 amide bonds. The highest BCUT2D eigenvalue weighted by molar-refractivity contribution is 6.02. The molecule has 156 valence electrons. The number of benzene rings is 2. The molecule has 2 aromatic rings. The van der Waals surface area contributed by atoms with Gasteiger partial charge < -0.3 is 19.9 Å². The maximum Gasteiger partial charge on any atom is 0.290 e. The van der Waals surface area contributed by atoms with Gasteiger partial charge in [0.25, 0.3) is 5.91 Å². The Bertz CT molecular complexity index is 899. The summed E-state index contributed by atoms with van der Waals surface area (Å²) in [5.41, 5.74) is 2.51. The summed E-state index contributed by atoms with van der Waals surface area (Å²) in [6.07, 6.45) is 8.07. The molecule has 0 saturated heterocycles. The molecule has 3 atom stereocenters. The van der Waals surface area contributed by atoms with Crippen molar-refractivity contribution in [1.29, 1.82) is 0 Å². The van der Waals surface area contributed by atoms with Crippen LogP contribution in [0.15, 0.2) is 66.4 Å². The van der Waals surface area contributed by atoms with Crippen molar-refractivity contribution >= 4 is 11.6 Å². The Morgan fingerprint density at radius 3 is 2.57 bits per heavy atom. The maximum atomic E-state index is 12.9. The lowest BCUT2D eigenvalue weighted by Crippen LogP contribution is -2.37. The fourth-order valence-electron chi connectivity index (χ4n) is 3.66. The SMILES string of the molecule is C#Cc1ccc([C@@H]2C=C(C(=O)Nc3ccccc3)O[C@H](OCC)[C@H]2CCCO)cc1. The van der Waals surface area contributed by atoms with Gasteiger partial charge in [-0.2, -0.15) is 0 Å². The number of para-hydroxylation sites is 1. The van der Waals surface area contributed by atoms with E-state index in [1.54, 1.807) is 0 Å². The molecule has 1 aliphatic heterocycles. The van der Waals surface area contributed by atoms with Crippen LogP contribution in [-0.4, -0.2) is 30.5 Å². The van der Waals surface area contributed by atoms with Gasteiger partial charge in [-0.05, 0) is 55.7 Å². The standard InChI is InChI=1S/C25H27NO4/c1-3-18-12-14-19(15-13-18)22-17-23(24(28)26-20-9-6-5-7-10-20)30-25(29-4-2)21(22)11-8-16-27/h1,5-7,9-10,12-15,17,21-22,25,27H,4,8,11,16H2,2H3,(H,26,28)/t21-,22-,25-/m0/s1. The van der Waals surface area contributed by atoms with Crippen LogP contribution in [0.1, 0.15) is 36.8 Å². The second-order valence-corrected chi connectivity index (χ2v) is 7.11. The number of ether oxygens (including phenoxy) is 2. The minimum atomic E-state index is -0.583. The van der Waals surface area contributed by atoms with Gasteiger partial charge in [0.15, 0.2) is 5.76 Å². The van der Waals surface area contributed by atoms with Crippen LogP contribution in [0.25, 0.3) is 0 Å². The molecule has 0 aliphatic carbocycles. The summed E-state index contributed by atoms with van der Waals surface area (Å²) in [5, 5.41) is 12.2. The summed E-state index contributed by atoms with van der Waals surface area (Å²) in [5.74, 6) is 2.38. The Hall–Kier alpha value is -3.07. The van der Waals surface area contributed by atoms with Crippen LogP contribution in [0.4, 0.5) is 5.69 Å². The average molecular weight is 405 g/mol. The van der Waals surface area contributed by atoms with Gasteiger partial charge in [0, 0.05) is 36.3 Å². The number of terminal acetylenes is 1. The first-order valence-electron chi connectivity index (χ1n) is 10.2. The summed E-state index contributed by atoms with van der Waals surface area (Å²) in [6.45, 7) is 2.44. The number of rotatable bonds is 8. The van der Waals surface area contributed by atoms with Crippen molar-refractivity contribution in [3.05, 3.63) is 77.6 Å². The molecule has 0 fully saturated rings.